The van der Waals surface area contributed by atoms with Crippen molar-refractivity contribution >= 4 is 0 Å². The SMILES string of the molecule is CC1=CCC(C(N)(c2ccc(C)c(C)c2)C(F)(F)F)C=C1C. The molecule has 1 aromatic carbocycles. The van der Waals surface area contributed by atoms with Gasteiger partial charge in [0.1, 0.15) is 5.54 Å². The monoisotopic (exact) mass is 309 g/mol. The molecule has 2 N–H and O–H groups in total. The summed E-state index contributed by atoms with van der Waals surface area (Å²) in [5.41, 5.74) is 7.41. The number of hydrogen-bond acceptors (Lipinski definition) is 1. The van der Waals surface area contributed by atoms with Crippen LogP contribution >= 0.6 is 0 Å². The number of hydrogen-bond donors (Lipinski definition) is 1. The number of allylic oxidation sites excluding steroid dienone is 3. The highest BCUT2D eigenvalue weighted by Crippen LogP contribution is 2.46. The zero-order valence-corrected chi connectivity index (χ0v) is 13.4. The third kappa shape index (κ3) is 2.72. The smallest absolute Gasteiger partial charge is 0.313 e. The lowest BCUT2D eigenvalue weighted by Gasteiger charge is -2.39. The average molecular weight is 309 g/mol. The minimum atomic E-state index is -4.52. The Morgan fingerprint density at radius 1 is 1.00 bits per heavy atom. The fourth-order valence-corrected chi connectivity index (χ4v) is 2.87. The van der Waals surface area contributed by atoms with Crippen LogP contribution in [0, 0.1) is 19.8 Å². The van der Waals surface area contributed by atoms with Gasteiger partial charge in [-0.15, -0.1) is 0 Å². The molecule has 120 valence electrons. The molecule has 0 heterocycles. The van der Waals surface area contributed by atoms with E-state index in [0.29, 0.717) is 6.42 Å². The maximum absolute atomic E-state index is 13.9. The van der Waals surface area contributed by atoms with Crippen molar-refractivity contribution in [3.05, 3.63) is 58.2 Å². The van der Waals surface area contributed by atoms with Gasteiger partial charge in [0, 0.05) is 5.92 Å². The summed E-state index contributed by atoms with van der Waals surface area (Å²) in [5.74, 6) is -0.793. The van der Waals surface area contributed by atoms with E-state index in [2.05, 4.69) is 0 Å². The van der Waals surface area contributed by atoms with E-state index < -0.39 is 17.6 Å². The Kier molecular flexibility index (Phi) is 4.26. The highest BCUT2D eigenvalue weighted by atomic mass is 19.4. The van der Waals surface area contributed by atoms with Gasteiger partial charge >= 0.3 is 6.18 Å². The minimum Gasteiger partial charge on any atom is -0.313 e. The van der Waals surface area contributed by atoms with Crippen LogP contribution in [-0.2, 0) is 5.54 Å². The first kappa shape index (κ1) is 16.8. The minimum absolute atomic E-state index is 0.130. The molecule has 2 atom stereocenters. The number of rotatable bonds is 2. The number of aryl methyl sites for hydroxylation is 2. The quantitative estimate of drug-likeness (QED) is 0.823. The van der Waals surface area contributed by atoms with Gasteiger partial charge in [-0.1, -0.05) is 41.5 Å². The fraction of sp³-hybridized carbons (Fsp3) is 0.444. The lowest BCUT2D eigenvalue weighted by Crippen LogP contribution is -2.55. The maximum atomic E-state index is 13.9. The van der Waals surface area contributed by atoms with Crippen molar-refractivity contribution in [2.24, 2.45) is 11.7 Å². The lowest BCUT2D eigenvalue weighted by atomic mass is 9.73. The molecule has 1 aromatic rings. The molecule has 0 radical (unpaired) electrons. The Morgan fingerprint density at radius 3 is 2.14 bits per heavy atom. The van der Waals surface area contributed by atoms with E-state index in [9.17, 15) is 13.2 Å². The number of halogens is 3. The van der Waals surface area contributed by atoms with Crippen LogP contribution in [0.1, 0.15) is 37.0 Å². The maximum Gasteiger partial charge on any atom is 0.411 e. The van der Waals surface area contributed by atoms with Gasteiger partial charge in [-0.3, -0.25) is 0 Å². The Labute approximate surface area is 129 Å². The summed E-state index contributed by atoms with van der Waals surface area (Å²) in [6.07, 6.45) is -0.715. The third-order valence-corrected chi connectivity index (χ3v) is 4.79. The summed E-state index contributed by atoms with van der Waals surface area (Å²) >= 11 is 0. The Bertz CT molecular complexity index is 640. The predicted octanol–water partition coefficient (Wildman–Crippen LogP) is 4.93. The van der Waals surface area contributed by atoms with Gasteiger partial charge in [0.15, 0.2) is 0 Å². The van der Waals surface area contributed by atoms with Gasteiger partial charge in [0.2, 0.25) is 0 Å². The summed E-state index contributed by atoms with van der Waals surface area (Å²) in [5, 5.41) is 0. The van der Waals surface area contributed by atoms with Crippen LogP contribution < -0.4 is 5.73 Å². The van der Waals surface area contributed by atoms with Crippen LogP contribution in [0.25, 0.3) is 0 Å². The summed E-state index contributed by atoms with van der Waals surface area (Å²) in [7, 11) is 0. The first-order valence-corrected chi connectivity index (χ1v) is 7.36. The van der Waals surface area contributed by atoms with Crippen molar-refractivity contribution in [3.63, 3.8) is 0 Å². The van der Waals surface area contributed by atoms with Crippen molar-refractivity contribution < 1.29 is 13.2 Å². The lowest BCUT2D eigenvalue weighted by molar-refractivity contribution is -0.201. The zero-order chi connectivity index (χ0) is 16.7. The molecule has 0 saturated carbocycles. The molecule has 22 heavy (non-hydrogen) atoms. The van der Waals surface area contributed by atoms with E-state index >= 15 is 0 Å². The van der Waals surface area contributed by atoms with Gasteiger partial charge in [-0.05, 0) is 50.8 Å². The van der Waals surface area contributed by atoms with Crippen molar-refractivity contribution in [1.82, 2.24) is 0 Å². The Morgan fingerprint density at radius 2 is 1.64 bits per heavy atom. The van der Waals surface area contributed by atoms with Gasteiger partial charge in [0.05, 0.1) is 0 Å². The van der Waals surface area contributed by atoms with E-state index in [1.165, 1.54) is 6.07 Å². The third-order valence-electron chi connectivity index (χ3n) is 4.79. The van der Waals surface area contributed by atoms with E-state index in [1.54, 1.807) is 18.2 Å². The molecule has 0 amide bonds. The van der Waals surface area contributed by atoms with Crippen LogP contribution in [-0.4, -0.2) is 6.18 Å². The molecule has 2 unspecified atom stereocenters. The highest BCUT2D eigenvalue weighted by molar-refractivity contribution is 5.40. The number of alkyl halides is 3. The van der Waals surface area contributed by atoms with Gasteiger partial charge in [-0.25, -0.2) is 0 Å². The molecule has 0 aliphatic heterocycles. The van der Waals surface area contributed by atoms with Crippen LogP contribution in [0.5, 0.6) is 0 Å². The summed E-state index contributed by atoms with van der Waals surface area (Å²) in [6.45, 7) is 7.42. The molecular formula is C18H22F3N. The Hall–Kier alpha value is -1.55. The fourth-order valence-electron chi connectivity index (χ4n) is 2.87. The van der Waals surface area contributed by atoms with Crippen LogP contribution in [0.4, 0.5) is 13.2 Å². The summed E-state index contributed by atoms with van der Waals surface area (Å²) in [4.78, 5) is 0. The van der Waals surface area contributed by atoms with E-state index in [1.807, 2.05) is 33.8 Å². The largest absolute Gasteiger partial charge is 0.411 e. The summed E-state index contributed by atoms with van der Waals surface area (Å²) < 4.78 is 41.6. The predicted molar refractivity (Wildman–Crippen MR) is 83.5 cm³/mol. The van der Waals surface area contributed by atoms with E-state index in [0.717, 1.165) is 22.3 Å². The molecule has 0 aromatic heterocycles. The van der Waals surface area contributed by atoms with Crippen molar-refractivity contribution in [2.75, 3.05) is 0 Å². The topological polar surface area (TPSA) is 26.0 Å². The van der Waals surface area contributed by atoms with E-state index in [4.69, 9.17) is 5.73 Å². The van der Waals surface area contributed by atoms with Gasteiger partial charge < -0.3 is 5.73 Å². The molecular weight excluding hydrogens is 287 g/mol. The second-order valence-electron chi connectivity index (χ2n) is 6.24. The van der Waals surface area contributed by atoms with Crippen molar-refractivity contribution in [3.8, 4) is 0 Å². The highest BCUT2D eigenvalue weighted by Gasteiger charge is 2.57. The van der Waals surface area contributed by atoms with Crippen LogP contribution in [0.3, 0.4) is 0 Å². The van der Waals surface area contributed by atoms with Crippen LogP contribution in [0.2, 0.25) is 0 Å². The molecule has 0 saturated heterocycles. The first-order chi connectivity index (χ1) is 10.1. The molecule has 0 spiro atoms. The average Bonchev–Trinajstić information content (AvgIpc) is 2.42. The molecule has 1 aliphatic rings. The van der Waals surface area contributed by atoms with Crippen molar-refractivity contribution in [2.45, 2.75) is 45.8 Å². The van der Waals surface area contributed by atoms with Crippen molar-refractivity contribution in [1.29, 1.82) is 0 Å². The molecule has 0 bridgehead atoms. The second kappa shape index (κ2) is 5.58. The van der Waals surface area contributed by atoms with Gasteiger partial charge in [-0.2, -0.15) is 13.2 Å². The Balaban J connectivity index is 2.57. The molecule has 1 nitrogen and oxygen atoms in total. The normalized spacial score (nSPS) is 21.9. The van der Waals surface area contributed by atoms with Crippen LogP contribution in [0.15, 0.2) is 41.5 Å². The molecule has 4 heteroatoms. The first-order valence-electron chi connectivity index (χ1n) is 7.36. The zero-order valence-electron chi connectivity index (χ0n) is 13.4. The standard InChI is InChI=1S/C18H22F3N/c1-11-5-7-15(9-13(11)3)17(22,18(19,20)21)16-8-6-12(2)14(4)10-16/h5-7,9-10,16H,8,22H2,1-4H3. The van der Waals surface area contributed by atoms with Gasteiger partial charge in [0.25, 0.3) is 0 Å². The number of nitrogens with two attached hydrogens (primary N) is 1. The second-order valence-corrected chi connectivity index (χ2v) is 6.24. The molecule has 2 rings (SSSR count). The molecule has 1 aliphatic carbocycles. The summed E-state index contributed by atoms with van der Waals surface area (Å²) in [6, 6.07) is 4.78. The van der Waals surface area contributed by atoms with E-state index in [-0.39, 0.29) is 5.56 Å². The molecule has 0 fully saturated rings. The number of benzene rings is 1.